The van der Waals surface area contributed by atoms with Crippen LogP contribution in [-0.4, -0.2) is 23.4 Å². The number of amides is 1. The first-order valence-electron chi connectivity index (χ1n) is 9.54. The van der Waals surface area contributed by atoms with Crippen molar-refractivity contribution in [1.29, 1.82) is 0 Å². The monoisotopic (exact) mass is 411 g/mol. The summed E-state index contributed by atoms with van der Waals surface area (Å²) in [6, 6.07) is 17.2. The highest BCUT2D eigenvalue weighted by Crippen LogP contribution is 2.38. The predicted molar refractivity (Wildman–Crippen MR) is 112 cm³/mol. The molecule has 3 aromatic carbocycles. The van der Waals surface area contributed by atoms with Gasteiger partial charge in [0.25, 0.3) is 0 Å². The molecule has 1 atom stereocenters. The highest BCUT2D eigenvalue weighted by atomic mass is 19.3. The number of hydrogen-bond donors (Lipinski definition) is 1. The lowest BCUT2D eigenvalue weighted by molar-refractivity contribution is -0.0205. The summed E-state index contributed by atoms with van der Waals surface area (Å²) in [4.78, 5) is 25.1. The highest BCUT2D eigenvalue weighted by Gasteiger charge is 2.50. The number of carbonyl (C=O) groups excluding carboxylic acids is 2. The fraction of sp³-hybridized carbons (Fsp3) is 0.250. The molecule has 0 aliphatic rings. The Morgan fingerprint density at radius 1 is 0.867 bits per heavy atom. The zero-order valence-electron chi connectivity index (χ0n) is 17.0. The Morgan fingerprint density at radius 3 is 2.13 bits per heavy atom. The second-order valence-electron chi connectivity index (χ2n) is 7.97. The van der Waals surface area contributed by atoms with E-state index in [0.29, 0.717) is 10.8 Å². The Kier molecular flexibility index (Phi) is 5.87. The van der Waals surface area contributed by atoms with Gasteiger partial charge in [-0.2, -0.15) is 8.78 Å². The zero-order valence-corrected chi connectivity index (χ0v) is 17.0. The minimum absolute atomic E-state index is 0.133. The number of alkyl carbamates (subject to hydrolysis) is 1. The standard InChI is InChI=1S/C24H23F2NO3/c1-23(2,3)30-22(29)27-20(19-15-9-13-16-10-7-8-14-18(16)19)24(25,26)21(28)17-11-5-4-6-12-17/h4-15,20H,1-3H3,(H,27,29)/t20-/m0/s1. The molecule has 3 aromatic rings. The van der Waals surface area contributed by atoms with E-state index in [9.17, 15) is 9.59 Å². The van der Waals surface area contributed by atoms with Crippen molar-refractivity contribution in [2.45, 2.75) is 38.3 Å². The number of nitrogens with one attached hydrogen (secondary N) is 1. The number of ether oxygens (including phenoxy) is 1. The van der Waals surface area contributed by atoms with E-state index in [4.69, 9.17) is 4.74 Å². The lowest BCUT2D eigenvalue weighted by atomic mass is 9.90. The molecule has 0 fully saturated rings. The second kappa shape index (κ2) is 8.22. The molecule has 4 nitrogen and oxygen atoms in total. The van der Waals surface area contributed by atoms with Crippen LogP contribution in [0.3, 0.4) is 0 Å². The Morgan fingerprint density at radius 2 is 1.47 bits per heavy atom. The third-order valence-electron chi connectivity index (χ3n) is 4.50. The maximum Gasteiger partial charge on any atom is 0.408 e. The van der Waals surface area contributed by atoms with Crippen molar-refractivity contribution in [2.24, 2.45) is 0 Å². The fourth-order valence-corrected chi connectivity index (χ4v) is 3.20. The zero-order chi connectivity index (χ0) is 21.9. The summed E-state index contributed by atoms with van der Waals surface area (Å²) in [5.41, 5.74) is -0.890. The van der Waals surface area contributed by atoms with Crippen molar-refractivity contribution in [1.82, 2.24) is 5.32 Å². The number of ketones is 1. The van der Waals surface area contributed by atoms with Gasteiger partial charge in [-0.1, -0.05) is 72.8 Å². The van der Waals surface area contributed by atoms with Crippen LogP contribution in [-0.2, 0) is 4.74 Å². The van der Waals surface area contributed by atoms with Crippen LogP contribution in [0.25, 0.3) is 10.8 Å². The third kappa shape index (κ3) is 4.64. The predicted octanol–water partition coefficient (Wildman–Crippen LogP) is 5.92. The van der Waals surface area contributed by atoms with E-state index in [0.717, 1.165) is 0 Å². The van der Waals surface area contributed by atoms with Gasteiger partial charge in [0, 0.05) is 5.56 Å². The molecule has 0 radical (unpaired) electrons. The molecular formula is C24H23F2NO3. The lowest BCUT2D eigenvalue weighted by Gasteiger charge is -2.29. The van der Waals surface area contributed by atoms with Crippen LogP contribution in [0.2, 0.25) is 0 Å². The van der Waals surface area contributed by atoms with E-state index in [-0.39, 0.29) is 11.1 Å². The Balaban J connectivity index is 2.09. The van der Waals surface area contributed by atoms with Gasteiger partial charge in [-0.05, 0) is 37.1 Å². The van der Waals surface area contributed by atoms with Crippen LogP contribution in [0.1, 0.15) is 42.7 Å². The van der Waals surface area contributed by atoms with Crippen molar-refractivity contribution in [2.75, 3.05) is 0 Å². The van der Waals surface area contributed by atoms with Gasteiger partial charge in [-0.3, -0.25) is 4.79 Å². The maximum atomic E-state index is 15.6. The van der Waals surface area contributed by atoms with Crippen molar-refractivity contribution in [3.8, 4) is 0 Å². The maximum absolute atomic E-state index is 15.6. The van der Waals surface area contributed by atoms with Gasteiger partial charge < -0.3 is 10.1 Å². The molecule has 6 heteroatoms. The minimum atomic E-state index is -3.91. The summed E-state index contributed by atoms with van der Waals surface area (Å²) in [5.74, 6) is -5.29. The summed E-state index contributed by atoms with van der Waals surface area (Å²) < 4.78 is 36.3. The van der Waals surface area contributed by atoms with Gasteiger partial charge >= 0.3 is 12.0 Å². The molecule has 3 rings (SSSR count). The van der Waals surface area contributed by atoms with Gasteiger partial charge in [-0.25, -0.2) is 4.79 Å². The molecule has 30 heavy (non-hydrogen) atoms. The Bertz CT molecular complexity index is 1050. The third-order valence-corrected chi connectivity index (χ3v) is 4.50. The SMILES string of the molecule is CC(C)(C)OC(=O)N[C@@H](c1cccc2ccccc12)C(F)(F)C(=O)c1ccccc1. The average Bonchev–Trinajstić information content (AvgIpc) is 2.70. The van der Waals surface area contributed by atoms with E-state index in [2.05, 4.69) is 5.32 Å². The van der Waals surface area contributed by atoms with E-state index in [1.54, 1.807) is 63.2 Å². The first kappa shape index (κ1) is 21.4. The van der Waals surface area contributed by atoms with Gasteiger partial charge in [0.2, 0.25) is 5.78 Å². The van der Waals surface area contributed by atoms with Crippen LogP contribution in [0.5, 0.6) is 0 Å². The first-order valence-corrected chi connectivity index (χ1v) is 9.54. The topological polar surface area (TPSA) is 55.4 Å². The van der Waals surface area contributed by atoms with E-state index >= 15 is 8.78 Å². The number of alkyl halides is 2. The van der Waals surface area contributed by atoms with Crippen molar-refractivity contribution in [3.63, 3.8) is 0 Å². The molecule has 0 saturated carbocycles. The summed E-state index contributed by atoms with van der Waals surface area (Å²) >= 11 is 0. The quantitative estimate of drug-likeness (QED) is 0.530. The molecule has 0 spiro atoms. The Hall–Kier alpha value is -3.28. The molecule has 0 bridgehead atoms. The van der Waals surface area contributed by atoms with Gasteiger partial charge in [0.05, 0.1) is 0 Å². The average molecular weight is 411 g/mol. The number of rotatable bonds is 5. The van der Waals surface area contributed by atoms with Crippen LogP contribution in [0.4, 0.5) is 13.6 Å². The van der Waals surface area contributed by atoms with Crippen molar-refractivity contribution in [3.05, 3.63) is 83.9 Å². The molecule has 156 valence electrons. The van der Waals surface area contributed by atoms with Gasteiger partial charge in [-0.15, -0.1) is 0 Å². The number of carbonyl (C=O) groups is 2. The number of fused-ring (bicyclic) bond motifs is 1. The fourth-order valence-electron chi connectivity index (χ4n) is 3.20. The molecule has 1 N–H and O–H groups in total. The molecule has 1 amide bonds. The lowest BCUT2D eigenvalue weighted by Crippen LogP contribution is -2.47. The summed E-state index contributed by atoms with van der Waals surface area (Å²) in [6.07, 6.45) is -1.03. The smallest absolute Gasteiger partial charge is 0.408 e. The van der Waals surface area contributed by atoms with Crippen LogP contribution >= 0.6 is 0 Å². The number of benzene rings is 3. The van der Waals surface area contributed by atoms with Crippen molar-refractivity contribution < 1.29 is 23.1 Å². The normalized spacial score (nSPS) is 13.0. The van der Waals surface area contributed by atoms with Gasteiger partial charge in [0.15, 0.2) is 0 Å². The minimum Gasteiger partial charge on any atom is -0.444 e. The highest BCUT2D eigenvalue weighted by molar-refractivity contribution is 6.02. The van der Waals surface area contributed by atoms with Crippen molar-refractivity contribution >= 4 is 22.6 Å². The molecule has 0 saturated heterocycles. The summed E-state index contributed by atoms with van der Waals surface area (Å²) in [6.45, 7) is 4.90. The molecule has 0 aliphatic heterocycles. The van der Waals surface area contributed by atoms with Crippen LogP contribution in [0, 0.1) is 0 Å². The van der Waals surface area contributed by atoms with Crippen LogP contribution < -0.4 is 5.32 Å². The molecule has 0 heterocycles. The first-order chi connectivity index (χ1) is 14.1. The van der Waals surface area contributed by atoms with E-state index in [1.165, 1.54) is 30.3 Å². The number of halogens is 2. The molecular weight excluding hydrogens is 388 g/mol. The Labute approximate surface area is 173 Å². The number of hydrogen-bond acceptors (Lipinski definition) is 3. The summed E-state index contributed by atoms with van der Waals surface area (Å²) in [7, 11) is 0. The van der Waals surface area contributed by atoms with Crippen LogP contribution in [0.15, 0.2) is 72.8 Å². The molecule has 0 unspecified atom stereocenters. The molecule has 0 aromatic heterocycles. The second-order valence-corrected chi connectivity index (χ2v) is 7.97. The number of Topliss-reactive ketones (excluding diaryl/α,β-unsaturated/α-hetero) is 1. The van der Waals surface area contributed by atoms with Gasteiger partial charge in [0.1, 0.15) is 11.6 Å². The van der Waals surface area contributed by atoms with E-state index in [1.807, 2.05) is 0 Å². The molecule has 0 aliphatic carbocycles. The largest absolute Gasteiger partial charge is 0.444 e. The van der Waals surface area contributed by atoms with E-state index < -0.39 is 29.4 Å². The summed E-state index contributed by atoms with van der Waals surface area (Å²) in [5, 5.41) is 3.47.